The van der Waals surface area contributed by atoms with Crippen molar-refractivity contribution >= 4 is 28.9 Å². The molecule has 0 saturated heterocycles. The van der Waals surface area contributed by atoms with Crippen molar-refractivity contribution in [2.24, 2.45) is 5.92 Å². The smallest absolute Gasteiger partial charge is 0.293 e. The molecule has 1 heterocycles. The van der Waals surface area contributed by atoms with Crippen LogP contribution in [0.2, 0.25) is 0 Å². The minimum Gasteiger partial charge on any atom is -0.494 e. The molecule has 1 aromatic carbocycles. The van der Waals surface area contributed by atoms with E-state index in [4.69, 9.17) is 21.4 Å². The average Bonchev–Trinajstić information content (AvgIpc) is 3.19. The number of carbonyl (C=O) groups excluding carboxylic acids is 1. The van der Waals surface area contributed by atoms with Crippen molar-refractivity contribution in [1.29, 1.82) is 0 Å². The van der Waals surface area contributed by atoms with Crippen LogP contribution in [0.3, 0.4) is 0 Å². The number of ether oxygens (including phenoxy) is 1. The Balaban J connectivity index is 1.40. The zero-order valence-corrected chi connectivity index (χ0v) is 15.5. The van der Waals surface area contributed by atoms with Crippen LogP contribution in [0, 0.1) is 5.92 Å². The zero-order valence-electron chi connectivity index (χ0n) is 14.7. The Labute approximate surface area is 159 Å². The molecule has 1 aromatic heterocycles. The molecular weight excluding hydrogens is 348 g/mol. The lowest BCUT2D eigenvalue weighted by Crippen LogP contribution is -2.33. The lowest BCUT2D eigenvalue weighted by atomic mass is 9.87. The molecule has 1 amide bonds. The number of furan rings is 1. The first-order valence-electron chi connectivity index (χ1n) is 9.09. The Morgan fingerprint density at radius 2 is 1.92 bits per heavy atom. The molecular formula is C20H24N2O3S. The van der Waals surface area contributed by atoms with Crippen molar-refractivity contribution in [3.8, 4) is 5.75 Å². The molecule has 0 aliphatic heterocycles. The fourth-order valence-electron chi connectivity index (χ4n) is 3.19. The maximum atomic E-state index is 11.9. The highest BCUT2D eigenvalue weighted by molar-refractivity contribution is 7.80. The van der Waals surface area contributed by atoms with Crippen LogP contribution >= 0.6 is 12.2 Å². The molecule has 3 rings (SSSR count). The number of thiocarbonyl (C=S) groups is 1. The van der Waals surface area contributed by atoms with Gasteiger partial charge in [0.15, 0.2) is 10.9 Å². The van der Waals surface area contributed by atoms with Gasteiger partial charge in [0.1, 0.15) is 5.75 Å². The minimum absolute atomic E-state index is 0.218. The second kappa shape index (κ2) is 9.38. The van der Waals surface area contributed by atoms with Gasteiger partial charge in [-0.1, -0.05) is 32.1 Å². The van der Waals surface area contributed by atoms with Crippen LogP contribution in [0.5, 0.6) is 5.75 Å². The number of amides is 1. The van der Waals surface area contributed by atoms with Crippen LogP contribution in [0.4, 0.5) is 5.69 Å². The van der Waals surface area contributed by atoms with Crippen LogP contribution in [0.25, 0.3) is 0 Å². The van der Waals surface area contributed by atoms with Gasteiger partial charge in [0.25, 0.3) is 5.91 Å². The third-order valence-corrected chi connectivity index (χ3v) is 4.81. The maximum Gasteiger partial charge on any atom is 0.293 e. The zero-order chi connectivity index (χ0) is 18.2. The first kappa shape index (κ1) is 18.5. The van der Waals surface area contributed by atoms with E-state index in [0.717, 1.165) is 30.4 Å². The van der Waals surface area contributed by atoms with E-state index in [1.54, 1.807) is 12.1 Å². The molecule has 2 aromatic rings. The predicted molar refractivity (Wildman–Crippen MR) is 106 cm³/mol. The van der Waals surface area contributed by atoms with Crippen molar-refractivity contribution < 1.29 is 13.9 Å². The number of anilines is 1. The SMILES string of the molecule is O=C(NC(=S)Nc1ccc(OCCC2CCCCC2)cc1)c1ccco1. The summed E-state index contributed by atoms with van der Waals surface area (Å²) in [7, 11) is 0. The van der Waals surface area contributed by atoms with Crippen molar-refractivity contribution in [2.75, 3.05) is 11.9 Å². The van der Waals surface area contributed by atoms with E-state index in [1.165, 1.54) is 38.4 Å². The van der Waals surface area contributed by atoms with Crippen molar-refractivity contribution in [3.05, 3.63) is 48.4 Å². The second-order valence-electron chi connectivity index (χ2n) is 6.55. The molecule has 26 heavy (non-hydrogen) atoms. The molecule has 0 spiro atoms. The normalized spacial score (nSPS) is 14.6. The van der Waals surface area contributed by atoms with E-state index in [0.29, 0.717) is 0 Å². The van der Waals surface area contributed by atoms with E-state index in [2.05, 4.69) is 10.6 Å². The van der Waals surface area contributed by atoms with Crippen LogP contribution in [0.1, 0.15) is 49.1 Å². The third kappa shape index (κ3) is 5.59. The van der Waals surface area contributed by atoms with Gasteiger partial charge in [-0.3, -0.25) is 10.1 Å². The summed E-state index contributed by atoms with van der Waals surface area (Å²) in [6, 6.07) is 10.8. The molecule has 0 radical (unpaired) electrons. The number of benzene rings is 1. The molecule has 138 valence electrons. The Morgan fingerprint density at radius 1 is 1.15 bits per heavy atom. The van der Waals surface area contributed by atoms with E-state index in [1.807, 2.05) is 24.3 Å². The Hall–Kier alpha value is -2.34. The molecule has 1 aliphatic rings. The highest BCUT2D eigenvalue weighted by Gasteiger charge is 2.13. The van der Waals surface area contributed by atoms with Gasteiger partial charge in [0, 0.05) is 5.69 Å². The van der Waals surface area contributed by atoms with Gasteiger partial charge in [0.2, 0.25) is 0 Å². The minimum atomic E-state index is -0.379. The van der Waals surface area contributed by atoms with Gasteiger partial charge in [-0.05, 0) is 61.0 Å². The van der Waals surface area contributed by atoms with Crippen LogP contribution in [-0.2, 0) is 0 Å². The fourth-order valence-corrected chi connectivity index (χ4v) is 3.40. The highest BCUT2D eigenvalue weighted by atomic mass is 32.1. The number of carbonyl (C=O) groups is 1. The summed E-state index contributed by atoms with van der Waals surface area (Å²) in [5, 5.41) is 5.76. The summed E-state index contributed by atoms with van der Waals surface area (Å²) in [5.74, 6) is 1.50. The fraction of sp³-hybridized carbons (Fsp3) is 0.400. The van der Waals surface area contributed by atoms with E-state index in [-0.39, 0.29) is 16.8 Å². The summed E-state index contributed by atoms with van der Waals surface area (Å²) >= 11 is 5.15. The largest absolute Gasteiger partial charge is 0.494 e. The summed E-state index contributed by atoms with van der Waals surface area (Å²) in [6.07, 6.45) is 9.36. The summed E-state index contributed by atoms with van der Waals surface area (Å²) in [6.45, 7) is 0.759. The second-order valence-corrected chi connectivity index (χ2v) is 6.96. The number of hydrogen-bond donors (Lipinski definition) is 2. The average molecular weight is 372 g/mol. The Morgan fingerprint density at radius 3 is 2.62 bits per heavy atom. The van der Waals surface area contributed by atoms with Gasteiger partial charge in [-0.15, -0.1) is 0 Å². The lowest BCUT2D eigenvalue weighted by molar-refractivity contribution is 0.0950. The molecule has 0 bridgehead atoms. The summed E-state index contributed by atoms with van der Waals surface area (Å²) in [4.78, 5) is 11.9. The standard InChI is InChI=1S/C20H24N2O3S/c23-19(18-7-4-13-25-18)22-20(26)21-16-8-10-17(11-9-16)24-14-12-15-5-2-1-3-6-15/h4,7-11,13,15H,1-3,5-6,12,14H2,(H2,21,22,23,26). The van der Waals surface area contributed by atoms with E-state index in [9.17, 15) is 4.79 Å². The van der Waals surface area contributed by atoms with Crippen LogP contribution in [-0.4, -0.2) is 17.6 Å². The first-order valence-corrected chi connectivity index (χ1v) is 9.50. The highest BCUT2D eigenvalue weighted by Crippen LogP contribution is 2.26. The van der Waals surface area contributed by atoms with Gasteiger partial charge in [-0.2, -0.15) is 0 Å². The molecule has 0 unspecified atom stereocenters. The molecule has 1 fully saturated rings. The van der Waals surface area contributed by atoms with Crippen molar-refractivity contribution in [1.82, 2.24) is 5.32 Å². The number of nitrogens with one attached hydrogen (secondary N) is 2. The first-order chi connectivity index (χ1) is 12.7. The van der Waals surface area contributed by atoms with Gasteiger partial charge in [0.05, 0.1) is 12.9 Å². The Kier molecular flexibility index (Phi) is 6.66. The lowest BCUT2D eigenvalue weighted by Gasteiger charge is -2.21. The maximum absolute atomic E-state index is 11.9. The summed E-state index contributed by atoms with van der Waals surface area (Å²) < 4.78 is 10.9. The quantitative estimate of drug-likeness (QED) is 0.716. The summed E-state index contributed by atoms with van der Waals surface area (Å²) in [5.41, 5.74) is 0.786. The van der Waals surface area contributed by atoms with E-state index < -0.39 is 0 Å². The molecule has 1 aliphatic carbocycles. The van der Waals surface area contributed by atoms with Crippen molar-refractivity contribution in [3.63, 3.8) is 0 Å². The number of hydrogen-bond acceptors (Lipinski definition) is 4. The van der Waals surface area contributed by atoms with E-state index >= 15 is 0 Å². The van der Waals surface area contributed by atoms with Crippen molar-refractivity contribution in [2.45, 2.75) is 38.5 Å². The van der Waals surface area contributed by atoms with Gasteiger partial charge < -0.3 is 14.5 Å². The Bertz CT molecular complexity index is 707. The predicted octanol–water partition coefficient (Wildman–Crippen LogP) is 4.76. The molecule has 0 atom stereocenters. The van der Waals surface area contributed by atoms with Crippen LogP contribution < -0.4 is 15.4 Å². The topological polar surface area (TPSA) is 63.5 Å². The van der Waals surface area contributed by atoms with Gasteiger partial charge in [-0.25, -0.2) is 0 Å². The molecule has 1 saturated carbocycles. The molecule has 5 nitrogen and oxygen atoms in total. The van der Waals surface area contributed by atoms with Crippen LogP contribution in [0.15, 0.2) is 47.1 Å². The molecule has 6 heteroatoms. The molecule has 2 N–H and O–H groups in total. The van der Waals surface area contributed by atoms with Gasteiger partial charge >= 0.3 is 0 Å². The number of rotatable bonds is 6. The monoisotopic (exact) mass is 372 g/mol. The third-order valence-electron chi connectivity index (χ3n) is 4.60.